The molecule has 1 aliphatic rings. The molecule has 0 spiro atoms. The van der Waals surface area contributed by atoms with Crippen LogP contribution in [-0.2, 0) is 11.2 Å². The molecule has 1 aromatic heterocycles. The first-order valence-electron chi connectivity index (χ1n) is 5.10. The Hall–Kier alpha value is -1.58. The Labute approximate surface area is 87.2 Å². The van der Waals surface area contributed by atoms with Crippen LogP contribution in [0.5, 0.6) is 0 Å². The van der Waals surface area contributed by atoms with Crippen LogP contribution in [0.2, 0.25) is 0 Å². The minimum absolute atomic E-state index is 0.0178. The fourth-order valence-electron chi connectivity index (χ4n) is 1.63. The summed E-state index contributed by atoms with van der Waals surface area (Å²) >= 11 is 0. The van der Waals surface area contributed by atoms with Gasteiger partial charge in [-0.15, -0.1) is 0 Å². The number of carbonyl (C=O) groups is 1. The van der Waals surface area contributed by atoms with E-state index < -0.39 is 5.97 Å². The van der Waals surface area contributed by atoms with Gasteiger partial charge in [0.1, 0.15) is 0 Å². The maximum atomic E-state index is 11.8. The van der Waals surface area contributed by atoms with Crippen LogP contribution in [0.15, 0.2) is 23.1 Å². The molecule has 80 valence electrons. The average molecular weight is 207 g/mol. The van der Waals surface area contributed by atoms with E-state index in [0.29, 0.717) is 18.0 Å². The molecule has 4 nitrogen and oxygen atoms in total. The van der Waals surface area contributed by atoms with Crippen LogP contribution in [0, 0.1) is 0 Å². The zero-order chi connectivity index (χ0) is 10.8. The zero-order valence-electron chi connectivity index (χ0n) is 8.35. The molecule has 0 aromatic carbocycles. The molecule has 1 aromatic rings. The number of aryl methyl sites for hydroxylation is 1. The number of rotatable bonds is 4. The summed E-state index contributed by atoms with van der Waals surface area (Å²) in [5.41, 5.74) is 0.577. The second kappa shape index (κ2) is 3.88. The van der Waals surface area contributed by atoms with Gasteiger partial charge in [-0.3, -0.25) is 9.59 Å². The quantitative estimate of drug-likeness (QED) is 0.807. The molecular weight excluding hydrogens is 194 g/mol. The van der Waals surface area contributed by atoms with Crippen molar-refractivity contribution in [1.29, 1.82) is 0 Å². The van der Waals surface area contributed by atoms with Crippen LogP contribution in [-0.4, -0.2) is 15.6 Å². The maximum absolute atomic E-state index is 11.8. The van der Waals surface area contributed by atoms with Crippen molar-refractivity contribution in [3.05, 3.63) is 34.2 Å². The third-order valence-corrected chi connectivity index (χ3v) is 2.60. The summed E-state index contributed by atoms with van der Waals surface area (Å²) in [6.45, 7) is 0. The smallest absolute Gasteiger partial charge is 0.303 e. The summed E-state index contributed by atoms with van der Waals surface area (Å²) < 4.78 is 1.72. The fraction of sp³-hybridized carbons (Fsp3) is 0.455. The molecule has 0 atom stereocenters. The van der Waals surface area contributed by atoms with E-state index in [0.717, 1.165) is 12.8 Å². The van der Waals surface area contributed by atoms with E-state index in [1.54, 1.807) is 16.8 Å². The zero-order valence-corrected chi connectivity index (χ0v) is 8.35. The monoisotopic (exact) mass is 207 g/mol. The third-order valence-electron chi connectivity index (χ3n) is 2.60. The van der Waals surface area contributed by atoms with Crippen molar-refractivity contribution < 1.29 is 9.90 Å². The van der Waals surface area contributed by atoms with Crippen molar-refractivity contribution in [3.8, 4) is 0 Å². The third kappa shape index (κ3) is 2.26. The number of nitrogens with zero attached hydrogens (tertiary/aromatic N) is 1. The number of hydrogen-bond donors (Lipinski definition) is 1. The SMILES string of the molecule is O=C(O)CCc1cccn(C2CC2)c1=O. The first kappa shape index (κ1) is 9.96. The molecule has 1 heterocycles. The molecule has 15 heavy (non-hydrogen) atoms. The summed E-state index contributed by atoms with van der Waals surface area (Å²) in [7, 11) is 0. The van der Waals surface area contributed by atoms with Gasteiger partial charge in [0.25, 0.3) is 5.56 Å². The lowest BCUT2D eigenvalue weighted by atomic mass is 10.1. The predicted molar refractivity (Wildman–Crippen MR) is 54.9 cm³/mol. The maximum Gasteiger partial charge on any atom is 0.303 e. The van der Waals surface area contributed by atoms with Crippen molar-refractivity contribution in [2.24, 2.45) is 0 Å². The van der Waals surface area contributed by atoms with Gasteiger partial charge in [0, 0.05) is 24.2 Å². The number of hydrogen-bond acceptors (Lipinski definition) is 2. The molecule has 0 bridgehead atoms. The average Bonchev–Trinajstić information content (AvgIpc) is 2.99. The Morgan fingerprint density at radius 1 is 1.53 bits per heavy atom. The van der Waals surface area contributed by atoms with E-state index in [1.807, 2.05) is 6.07 Å². The normalized spacial score (nSPS) is 15.2. The van der Waals surface area contributed by atoms with Crippen molar-refractivity contribution in [2.75, 3.05) is 0 Å². The fourth-order valence-corrected chi connectivity index (χ4v) is 1.63. The molecule has 1 aliphatic carbocycles. The van der Waals surface area contributed by atoms with E-state index in [-0.39, 0.29) is 12.0 Å². The Morgan fingerprint density at radius 3 is 2.87 bits per heavy atom. The molecule has 0 radical (unpaired) electrons. The Morgan fingerprint density at radius 2 is 2.27 bits per heavy atom. The molecule has 1 saturated carbocycles. The Balaban J connectivity index is 2.20. The highest BCUT2D eigenvalue weighted by molar-refractivity contribution is 5.67. The Bertz CT molecular complexity index is 432. The second-order valence-corrected chi connectivity index (χ2v) is 3.87. The van der Waals surface area contributed by atoms with Gasteiger partial charge < -0.3 is 9.67 Å². The van der Waals surface area contributed by atoms with Gasteiger partial charge in [0.2, 0.25) is 0 Å². The summed E-state index contributed by atoms with van der Waals surface area (Å²) in [6, 6.07) is 3.88. The lowest BCUT2D eigenvalue weighted by Gasteiger charge is -2.05. The summed E-state index contributed by atoms with van der Waals surface area (Å²) in [6.07, 6.45) is 4.24. The molecule has 1 fully saturated rings. The van der Waals surface area contributed by atoms with Crippen LogP contribution in [0.25, 0.3) is 0 Å². The standard InChI is InChI=1S/C11H13NO3/c13-10(14)6-3-8-2-1-7-12(11(8)15)9-4-5-9/h1-2,7,9H,3-6H2,(H,13,14). The Kier molecular flexibility index (Phi) is 2.58. The van der Waals surface area contributed by atoms with E-state index in [1.165, 1.54) is 0 Å². The van der Waals surface area contributed by atoms with Crippen molar-refractivity contribution >= 4 is 5.97 Å². The van der Waals surface area contributed by atoms with Gasteiger partial charge >= 0.3 is 5.97 Å². The van der Waals surface area contributed by atoms with Crippen LogP contribution in [0.1, 0.15) is 30.9 Å². The summed E-state index contributed by atoms with van der Waals surface area (Å²) in [5.74, 6) is -0.865. The largest absolute Gasteiger partial charge is 0.481 e. The second-order valence-electron chi connectivity index (χ2n) is 3.87. The minimum atomic E-state index is -0.865. The van der Waals surface area contributed by atoms with Gasteiger partial charge in [-0.1, -0.05) is 6.07 Å². The molecule has 0 unspecified atom stereocenters. The lowest BCUT2D eigenvalue weighted by Crippen LogP contribution is -2.22. The lowest BCUT2D eigenvalue weighted by molar-refractivity contribution is -0.136. The van der Waals surface area contributed by atoms with Crippen LogP contribution < -0.4 is 5.56 Å². The van der Waals surface area contributed by atoms with Crippen molar-refractivity contribution in [3.63, 3.8) is 0 Å². The highest BCUT2D eigenvalue weighted by atomic mass is 16.4. The molecule has 1 N–H and O–H groups in total. The van der Waals surface area contributed by atoms with E-state index in [2.05, 4.69) is 0 Å². The number of aromatic nitrogens is 1. The topological polar surface area (TPSA) is 59.3 Å². The number of carboxylic acid groups (broad SMARTS) is 1. The molecule has 0 amide bonds. The van der Waals surface area contributed by atoms with Crippen LogP contribution in [0.4, 0.5) is 0 Å². The van der Waals surface area contributed by atoms with Crippen LogP contribution >= 0.6 is 0 Å². The molecule has 2 rings (SSSR count). The highest BCUT2D eigenvalue weighted by Crippen LogP contribution is 2.33. The number of carboxylic acids is 1. The predicted octanol–water partition coefficient (Wildman–Crippen LogP) is 1.20. The van der Waals surface area contributed by atoms with Crippen molar-refractivity contribution in [1.82, 2.24) is 4.57 Å². The van der Waals surface area contributed by atoms with Gasteiger partial charge in [0.05, 0.1) is 0 Å². The van der Waals surface area contributed by atoms with Crippen LogP contribution in [0.3, 0.4) is 0 Å². The molecule has 0 aliphatic heterocycles. The highest BCUT2D eigenvalue weighted by Gasteiger charge is 2.24. The van der Waals surface area contributed by atoms with Gasteiger partial charge in [-0.2, -0.15) is 0 Å². The minimum Gasteiger partial charge on any atom is -0.481 e. The molecular formula is C11H13NO3. The first-order chi connectivity index (χ1) is 7.18. The molecule has 0 saturated heterocycles. The number of aliphatic carboxylic acids is 1. The number of pyridine rings is 1. The van der Waals surface area contributed by atoms with Crippen molar-refractivity contribution in [2.45, 2.75) is 31.7 Å². The summed E-state index contributed by atoms with van der Waals surface area (Å²) in [4.78, 5) is 22.2. The first-order valence-corrected chi connectivity index (χ1v) is 5.10. The van der Waals surface area contributed by atoms with E-state index in [9.17, 15) is 9.59 Å². The van der Waals surface area contributed by atoms with Gasteiger partial charge in [-0.05, 0) is 25.3 Å². The summed E-state index contributed by atoms with van der Waals surface area (Å²) in [5, 5.41) is 8.55. The van der Waals surface area contributed by atoms with E-state index in [4.69, 9.17) is 5.11 Å². The van der Waals surface area contributed by atoms with Gasteiger partial charge in [0.15, 0.2) is 0 Å². The molecule has 4 heteroatoms. The van der Waals surface area contributed by atoms with E-state index >= 15 is 0 Å². The van der Waals surface area contributed by atoms with Gasteiger partial charge in [-0.25, -0.2) is 0 Å².